The van der Waals surface area contributed by atoms with E-state index in [1.807, 2.05) is 0 Å². The van der Waals surface area contributed by atoms with Crippen LogP contribution in [0.15, 0.2) is 0 Å². The first-order chi connectivity index (χ1) is 7.43. The zero-order chi connectivity index (χ0) is 12.6. The van der Waals surface area contributed by atoms with Gasteiger partial charge in [0.25, 0.3) is 0 Å². The topological polar surface area (TPSA) is 101 Å². The summed E-state index contributed by atoms with van der Waals surface area (Å²) in [6, 6.07) is 0. The van der Waals surface area contributed by atoms with Gasteiger partial charge in [0.1, 0.15) is 0 Å². The molecule has 0 spiro atoms. The summed E-state index contributed by atoms with van der Waals surface area (Å²) >= 11 is 0.961. The molecular formula is C9H15N3O3S. The van der Waals surface area contributed by atoms with Crippen molar-refractivity contribution in [1.29, 1.82) is 0 Å². The molecular weight excluding hydrogens is 230 g/mol. The van der Waals surface area contributed by atoms with Crippen LogP contribution in [0.3, 0.4) is 0 Å². The Morgan fingerprint density at radius 1 is 1.31 bits per heavy atom. The Bertz CT molecular complexity index is 271. The summed E-state index contributed by atoms with van der Waals surface area (Å²) < 4.78 is 0. The number of amides is 3. The maximum Gasteiger partial charge on any atom is 0.230 e. The maximum atomic E-state index is 11.2. The molecule has 0 aromatic heterocycles. The van der Waals surface area contributed by atoms with E-state index in [0.29, 0.717) is 13.1 Å². The molecule has 1 atom stereocenters. The van der Waals surface area contributed by atoms with E-state index in [4.69, 9.17) is 12.7 Å². The van der Waals surface area contributed by atoms with E-state index >= 15 is 0 Å². The molecule has 6 nitrogen and oxygen atoms in total. The summed E-state index contributed by atoms with van der Waals surface area (Å²) in [5, 5.41) is 4.20. The van der Waals surface area contributed by atoms with Gasteiger partial charge in [-0.1, -0.05) is 0 Å². The van der Waals surface area contributed by atoms with Crippen molar-refractivity contribution in [2.45, 2.75) is 12.2 Å². The van der Waals surface area contributed by atoms with Gasteiger partial charge in [-0.15, -0.1) is 11.8 Å². The third-order valence-electron chi connectivity index (χ3n) is 1.50. The minimum atomic E-state index is -0.874. The van der Waals surface area contributed by atoms with Crippen LogP contribution in [-0.4, -0.2) is 41.8 Å². The van der Waals surface area contributed by atoms with Crippen molar-refractivity contribution in [3.63, 3.8) is 0 Å². The predicted octanol–water partition coefficient (Wildman–Crippen LogP) is -1.46. The van der Waals surface area contributed by atoms with Crippen molar-refractivity contribution < 1.29 is 14.4 Å². The summed E-state index contributed by atoms with van der Waals surface area (Å²) in [5.41, 5.74) is 4.91. The molecule has 0 aliphatic carbocycles. The van der Waals surface area contributed by atoms with E-state index in [1.165, 1.54) is 6.92 Å². The highest BCUT2D eigenvalue weighted by atomic mass is 32.2. The molecule has 4 N–H and O–H groups in total. The molecule has 16 heavy (non-hydrogen) atoms. The molecule has 90 valence electrons. The summed E-state index contributed by atoms with van der Waals surface area (Å²) in [6.45, 7) is 7.41. The van der Waals surface area contributed by atoms with Crippen LogP contribution in [0.4, 0.5) is 0 Å². The number of nitrogens with one attached hydrogen (secondary N) is 2. The maximum absolute atomic E-state index is 11.2. The highest BCUT2D eigenvalue weighted by Gasteiger charge is 2.11. The first-order valence-electron chi connectivity index (χ1n) is 4.61. The normalized spacial score (nSPS) is 11.6. The van der Waals surface area contributed by atoms with Crippen molar-refractivity contribution in [3.05, 3.63) is 6.92 Å². The van der Waals surface area contributed by atoms with Crippen LogP contribution >= 0.6 is 11.8 Å². The fraction of sp³-hybridized carbons (Fsp3) is 0.556. The lowest BCUT2D eigenvalue weighted by Crippen LogP contribution is -2.35. The zero-order valence-electron chi connectivity index (χ0n) is 8.99. The fourth-order valence-electron chi connectivity index (χ4n) is 0.739. The number of hydrogen-bond donors (Lipinski definition) is 3. The molecule has 1 unspecified atom stereocenters. The molecule has 0 saturated heterocycles. The Hall–Kier alpha value is -1.24. The Kier molecular flexibility index (Phi) is 7.36. The standard InChI is InChI=1S/C9H15N3O3S/c1-6(9(10)15)16-5-8(14)12-4-3-11-7(2)13/h1,6H,3-5H2,2H3,(H2,10,15)(H,11,13)(H,12,14). The number of nitrogens with two attached hydrogens (primary N) is 1. The zero-order valence-corrected chi connectivity index (χ0v) is 9.80. The average Bonchev–Trinajstić information content (AvgIpc) is 2.20. The van der Waals surface area contributed by atoms with E-state index in [0.717, 1.165) is 11.8 Å². The molecule has 3 amide bonds. The second-order valence-electron chi connectivity index (χ2n) is 2.97. The van der Waals surface area contributed by atoms with Crippen LogP contribution in [0.1, 0.15) is 6.92 Å². The Labute approximate surface area is 98.7 Å². The van der Waals surface area contributed by atoms with E-state index in [-0.39, 0.29) is 17.6 Å². The lowest BCUT2D eigenvalue weighted by molar-refractivity contribution is -0.120. The van der Waals surface area contributed by atoms with Crippen LogP contribution in [0.5, 0.6) is 0 Å². The van der Waals surface area contributed by atoms with Crippen molar-refractivity contribution in [2.24, 2.45) is 5.73 Å². The van der Waals surface area contributed by atoms with E-state index in [9.17, 15) is 14.4 Å². The van der Waals surface area contributed by atoms with E-state index in [1.54, 1.807) is 0 Å². The third kappa shape index (κ3) is 8.10. The van der Waals surface area contributed by atoms with Crippen LogP contribution in [-0.2, 0) is 14.4 Å². The highest BCUT2D eigenvalue weighted by Crippen LogP contribution is 2.07. The second kappa shape index (κ2) is 7.98. The summed E-state index contributed by atoms with van der Waals surface area (Å²) in [7, 11) is 0. The molecule has 0 saturated carbocycles. The molecule has 0 aromatic rings. The van der Waals surface area contributed by atoms with Gasteiger partial charge in [0.05, 0.1) is 11.0 Å². The van der Waals surface area contributed by atoms with Crippen molar-refractivity contribution in [2.75, 3.05) is 18.8 Å². The largest absolute Gasteiger partial charge is 0.369 e. The Morgan fingerprint density at radius 2 is 1.88 bits per heavy atom. The second-order valence-corrected chi connectivity index (χ2v) is 4.10. The quantitative estimate of drug-likeness (QED) is 0.477. The summed E-state index contributed by atoms with van der Waals surface area (Å²) in [5.74, 6) is -1.01. The third-order valence-corrected chi connectivity index (χ3v) is 2.52. The smallest absolute Gasteiger partial charge is 0.230 e. The van der Waals surface area contributed by atoms with Gasteiger partial charge >= 0.3 is 0 Å². The first kappa shape index (κ1) is 14.8. The average molecular weight is 245 g/mol. The number of primary amides is 1. The molecule has 0 bridgehead atoms. The highest BCUT2D eigenvalue weighted by molar-refractivity contribution is 8.01. The van der Waals surface area contributed by atoms with Gasteiger partial charge in [-0.2, -0.15) is 0 Å². The van der Waals surface area contributed by atoms with Gasteiger partial charge in [-0.05, 0) is 6.92 Å². The molecule has 0 fully saturated rings. The van der Waals surface area contributed by atoms with Gasteiger partial charge in [0.2, 0.25) is 17.7 Å². The van der Waals surface area contributed by atoms with Gasteiger partial charge in [-0.3, -0.25) is 14.4 Å². The van der Waals surface area contributed by atoms with Gasteiger partial charge in [-0.25, -0.2) is 0 Å². The molecule has 0 aromatic carbocycles. The lowest BCUT2D eigenvalue weighted by Gasteiger charge is -2.07. The van der Waals surface area contributed by atoms with Gasteiger partial charge in [0, 0.05) is 20.0 Å². The molecule has 0 rings (SSSR count). The van der Waals surface area contributed by atoms with Crippen LogP contribution in [0.2, 0.25) is 0 Å². The summed E-state index contributed by atoms with van der Waals surface area (Å²) in [4.78, 5) is 32.2. The molecule has 2 radical (unpaired) electrons. The monoisotopic (exact) mass is 245 g/mol. The molecule has 0 aliphatic heterocycles. The van der Waals surface area contributed by atoms with Gasteiger partial charge < -0.3 is 16.4 Å². The molecule has 0 aliphatic rings. The number of rotatable bonds is 7. The Balaban J connectivity index is 3.52. The first-order valence-corrected chi connectivity index (χ1v) is 5.66. The van der Waals surface area contributed by atoms with Crippen molar-refractivity contribution in [1.82, 2.24) is 10.6 Å². The minimum Gasteiger partial charge on any atom is -0.369 e. The fourth-order valence-corrected chi connectivity index (χ4v) is 1.34. The van der Waals surface area contributed by atoms with Crippen LogP contribution < -0.4 is 16.4 Å². The van der Waals surface area contributed by atoms with E-state index in [2.05, 4.69) is 10.6 Å². The molecule has 7 heteroatoms. The minimum absolute atomic E-state index is 0.0597. The number of carbonyl (C=O) groups excluding carboxylic acids is 3. The SMILES string of the molecule is [CH]C(SCC(=O)NCCNC(C)=O)C(N)=O. The van der Waals surface area contributed by atoms with Crippen molar-refractivity contribution in [3.8, 4) is 0 Å². The van der Waals surface area contributed by atoms with E-state index < -0.39 is 11.2 Å². The number of carbonyl (C=O) groups is 3. The van der Waals surface area contributed by atoms with Crippen LogP contribution in [0, 0.1) is 6.92 Å². The number of hydrogen-bond acceptors (Lipinski definition) is 4. The predicted molar refractivity (Wildman–Crippen MR) is 61.4 cm³/mol. The Morgan fingerprint density at radius 3 is 2.38 bits per heavy atom. The van der Waals surface area contributed by atoms with Crippen molar-refractivity contribution >= 4 is 29.5 Å². The van der Waals surface area contributed by atoms with Crippen LogP contribution in [0.25, 0.3) is 0 Å². The van der Waals surface area contributed by atoms with Gasteiger partial charge in [0.15, 0.2) is 0 Å². The lowest BCUT2D eigenvalue weighted by atomic mass is 10.5. The number of thioether (sulfide) groups is 1. The molecule has 0 heterocycles. The summed E-state index contributed by atoms with van der Waals surface area (Å²) in [6.07, 6.45) is 0.